The first kappa shape index (κ1) is 19.2. The molecular weight excluding hydrogens is 326 g/mol. The number of likely N-dealkylation sites (tertiary alicyclic amines) is 1. The maximum absolute atomic E-state index is 5.50. The molecule has 0 bridgehead atoms. The minimum absolute atomic E-state index is 0.486. The summed E-state index contributed by atoms with van der Waals surface area (Å²) in [6.07, 6.45) is 7.38. The normalized spacial score (nSPS) is 19.9. The van der Waals surface area contributed by atoms with Crippen molar-refractivity contribution in [1.82, 2.24) is 20.7 Å². The lowest BCUT2D eigenvalue weighted by Gasteiger charge is -2.33. The number of piperidine rings is 1. The highest BCUT2D eigenvalue weighted by Gasteiger charge is 2.31. The van der Waals surface area contributed by atoms with Crippen LogP contribution in [0.25, 0.3) is 0 Å². The number of rotatable bonds is 8. The smallest absolute Gasteiger partial charge is 0.191 e. The van der Waals surface area contributed by atoms with Crippen LogP contribution >= 0.6 is 0 Å². The second kappa shape index (κ2) is 9.40. The fourth-order valence-electron chi connectivity index (χ4n) is 3.82. The van der Waals surface area contributed by atoms with Crippen LogP contribution in [0.4, 0.5) is 0 Å². The molecule has 0 aromatic carbocycles. The summed E-state index contributed by atoms with van der Waals surface area (Å²) in [7, 11) is 0. The molecule has 1 aromatic rings. The van der Waals surface area contributed by atoms with Crippen molar-refractivity contribution in [3.63, 3.8) is 0 Å². The van der Waals surface area contributed by atoms with Gasteiger partial charge in [-0.3, -0.25) is 0 Å². The molecule has 1 saturated carbocycles. The summed E-state index contributed by atoms with van der Waals surface area (Å²) < 4.78 is 5.50. The van der Waals surface area contributed by atoms with Gasteiger partial charge in [0.15, 0.2) is 11.7 Å². The van der Waals surface area contributed by atoms with Crippen molar-refractivity contribution < 1.29 is 4.52 Å². The van der Waals surface area contributed by atoms with Crippen molar-refractivity contribution in [3.8, 4) is 0 Å². The zero-order chi connectivity index (χ0) is 18.4. The molecule has 146 valence electrons. The van der Waals surface area contributed by atoms with Crippen LogP contribution in [0.1, 0.15) is 76.7 Å². The van der Waals surface area contributed by atoms with Crippen molar-refractivity contribution in [2.75, 3.05) is 19.6 Å². The molecule has 1 aliphatic carbocycles. The first-order chi connectivity index (χ1) is 12.7. The first-order valence-corrected chi connectivity index (χ1v) is 10.5. The van der Waals surface area contributed by atoms with E-state index in [0.29, 0.717) is 18.5 Å². The molecule has 2 heterocycles. The maximum Gasteiger partial charge on any atom is 0.191 e. The van der Waals surface area contributed by atoms with Crippen LogP contribution in [0.15, 0.2) is 15.6 Å². The third-order valence-electron chi connectivity index (χ3n) is 5.65. The topological polar surface area (TPSA) is 65.7 Å². The zero-order valence-electron chi connectivity index (χ0n) is 16.6. The summed E-state index contributed by atoms with van der Waals surface area (Å²) in [5.74, 6) is 2.21. The van der Waals surface area contributed by atoms with Crippen LogP contribution in [-0.2, 0) is 6.54 Å². The Bertz CT molecular complexity index is 569. The van der Waals surface area contributed by atoms with Crippen molar-refractivity contribution in [2.45, 2.75) is 83.8 Å². The zero-order valence-corrected chi connectivity index (χ0v) is 16.6. The fourth-order valence-corrected chi connectivity index (χ4v) is 3.82. The molecule has 0 atom stereocenters. The molecule has 3 rings (SSSR count). The molecule has 2 aliphatic rings. The minimum Gasteiger partial charge on any atom is -0.359 e. The number of nitrogens with zero attached hydrogens (tertiary/aromatic N) is 3. The highest BCUT2D eigenvalue weighted by atomic mass is 16.5. The van der Waals surface area contributed by atoms with E-state index in [0.717, 1.165) is 42.8 Å². The van der Waals surface area contributed by atoms with E-state index >= 15 is 0 Å². The van der Waals surface area contributed by atoms with Gasteiger partial charge in [-0.05, 0) is 45.4 Å². The summed E-state index contributed by atoms with van der Waals surface area (Å²) in [5, 5.41) is 11.2. The van der Waals surface area contributed by atoms with Crippen molar-refractivity contribution in [3.05, 3.63) is 17.5 Å². The number of nitrogens with one attached hydrogen (secondary N) is 2. The van der Waals surface area contributed by atoms with Crippen LogP contribution in [0.2, 0.25) is 0 Å². The van der Waals surface area contributed by atoms with Gasteiger partial charge in [0.2, 0.25) is 0 Å². The molecule has 2 fully saturated rings. The molecule has 1 saturated heterocycles. The molecular formula is C20H35N5O. The van der Waals surface area contributed by atoms with Gasteiger partial charge in [0.25, 0.3) is 0 Å². The monoisotopic (exact) mass is 361 g/mol. The molecule has 0 amide bonds. The van der Waals surface area contributed by atoms with Gasteiger partial charge in [-0.2, -0.15) is 0 Å². The Kier molecular flexibility index (Phi) is 6.94. The molecule has 0 unspecified atom stereocenters. The van der Waals surface area contributed by atoms with E-state index in [1.807, 2.05) is 0 Å². The van der Waals surface area contributed by atoms with Gasteiger partial charge in [-0.1, -0.05) is 19.0 Å². The molecule has 1 aliphatic heterocycles. The van der Waals surface area contributed by atoms with E-state index in [1.165, 1.54) is 38.8 Å². The van der Waals surface area contributed by atoms with Crippen LogP contribution in [0, 0.1) is 0 Å². The third-order valence-corrected chi connectivity index (χ3v) is 5.65. The number of guanidine groups is 1. The highest BCUT2D eigenvalue weighted by molar-refractivity contribution is 5.80. The number of hydrogen-bond donors (Lipinski definition) is 2. The molecule has 0 spiro atoms. The van der Waals surface area contributed by atoms with Gasteiger partial charge in [0, 0.05) is 43.7 Å². The Labute approximate surface area is 157 Å². The Morgan fingerprint density at radius 1 is 1.23 bits per heavy atom. The lowest BCUT2D eigenvalue weighted by molar-refractivity contribution is 0.197. The second-order valence-electron chi connectivity index (χ2n) is 7.61. The second-order valence-corrected chi connectivity index (χ2v) is 7.61. The standard InChI is InChI=1S/C20H35N5O/c1-4-15(5-2)19-13-18(26-24-19)14-22-20(21-6-3)23-16-9-11-25(12-10-16)17-7-8-17/h13,15-17H,4-12,14H2,1-3H3,(H2,21,22,23). The molecule has 6 heteroatoms. The van der Waals surface area contributed by atoms with E-state index in [1.54, 1.807) is 0 Å². The Balaban J connectivity index is 1.52. The quantitative estimate of drug-likeness (QED) is 0.549. The number of aliphatic imine (C=N–C) groups is 1. The van der Waals surface area contributed by atoms with Gasteiger partial charge in [-0.25, -0.2) is 4.99 Å². The highest BCUT2D eigenvalue weighted by Crippen LogP contribution is 2.29. The Hall–Kier alpha value is -1.56. The lowest BCUT2D eigenvalue weighted by Crippen LogP contribution is -2.49. The van der Waals surface area contributed by atoms with Crippen LogP contribution < -0.4 is 10.6 Å². The van der Waals surface area contributed by atoms with E-state index in [9.17, 15) is 0 Å². The summed E-state index contributed by atoms with van der Waals surface area (Å²) in [6.45, 7) is 10.3. The minimum atomic E-state index is 0.486. The Morgan fingerprint density at radius 2 is 1.96 bits per heavy atom. The van der Waals surface area contributed by atoms with Crippen molar-refractivity contribution in [2.24, 2.45) is 4.99 Å². The average molecular weight is 362 g/mol. The van der Waals surface area contributed by atoms with Crippen LogP contribution in [0.5, 0.6) is 0 Å². The SMILES string of the molecule is CCNC(=NCc1cc(C(CC)CC)no1)NC1CCN(C2CC2)CC1. The first-order valence-electron chi connectivity index (χ1n) is 10.5. The van der Waals surface area contributed by atoms with E-state index in [-0.39, 0.29) is 0 Å². The van der Waals surface area contributed by atoms with Gasteiger partial charge in [-0.15, -0.1) is 0 Å². The van der Waals surface area contributed by atoms with E-state index < -0.39 is 0 Å². The van der Waals surface area contributed by atoms with Crippen LogP contribution in [0.3, 0.4) is 0 Å². The van der Waals surface area contributed by atoms with Gasteiger partial charge < -0.3 is 20.1 Å². The number of aromatic nitrogens is 1. The third kappa shape index (κ3) is 5.22. The predicted octanol–water partition coefficient (Wildman–Crippen LogP) is 3.26. The Morgan fingerprint density at radius 3 is 2.58 bits per heavy atom. The average Bonchev–Trinajstić information content (AvgIpc) is 3.41. The molecule has 0 radical (unpaired) electrons. The summed E-state index contributed by atoms with van der Waals surface area (Å²) in [6, 6.07) is 3.46. The summed E-state index contributed by atoms with van der Waals surface area (Å²) in [5.41, 5.74) is 1.06. The molecule has 26 heavy (non-hydrogen) atoms. The molecule has 6 nitrogen and oxygen atoms in total. The predicted molar refractivity (Wildman–Crippen MR) is 105 cm³/mol. The van der Waals surface area contributed by atoms with Crippen molar-refractivity contribution >= 4 is 5.96 Å². The van der Waals surface area contributed by atoms with Gasteiger partial charge >= 0.3 is 0 Å². The maximum atomic E-state index is 5.50. The van der Waals surface area contributed by atoms with Gasteiger partial charge in [0.1, 0.15) is 6.54 Å². The number of hydrogen-bond acceptors (Lipinski definition) is 4. The van der Waals surface area contributed by atoms with E-state index in [4.69, 9.17) is 9.52 Å². The van der Waals surface area contributed by atoms with Gasteiger partial charge in [0.05, 0.1) is 5.69 Å². The summed E-state index contributed by atoms with van der Waals surface area (Å²) in [4.78, 5) is 7.36. The van der Waals surface area contributed by atoms with E-state index in [2.05, 4.69) is 47.5 Å². The van der Waals surface area contributed by atoms with Crippen molar-refractivity contribution in [1.29, 1.82) is 0 Å². The molecule has 1 aromatic heterocycles. The fraction of sp³-hybridized carbons (Fsp3) is 0.800. The lowest BCUT2D eigenvalue weighted by atomic mass is 9.99. The largest absolute Gasteiger partial charge is 0.359 e. The summed E-state index contributed by atoms with van der Waals surface area (Å²) >= 11 is 0. The van der Waals surface area contributed by atoms with Crippen LogP contribution in [-0.4, -0.2) is 47.7 Å². The molecule has 2 N–H and O–H groups in total.